The van der Waals surface area contributed by atoms with Crippen LogP contribution in [0.25, 0.3) is 0 Å². The van der Waals surface area contributed by atoms with E-state index in [9.17, 15) is 19.2 Å². The lowest BCUT2D eigenvalue weighted by Gasteiger charge is -2.12. The van der Waals surface area contributed by atoms with Gasteiger partial charge in [-0.3, -0.25) is 24.1 Å². The summed E-state index contributed by atoms with van der Waals surface area (Å²) in [6.45, 7) is 4.85. The monoisotopic (exact) mass is 407 g/mol. The Kier molecular flexibility index (Phi) is 6.61. The van der Waals surface area contributed by atoms with E-state index >= 15 is 0 Å². The predicted molar refractivity (Wildman–Crippen MR) is 114 cm³/mol. The van der Waals surface area contributed by atoms with Gasteiger partial charge in [0.05, 0.1) is 22.4 Å². The van der Waals surface area contributed by atoms with Crippen LogP contribution in [0.3, 0.4) is 0 Å². The summed E-state index contributed by atoms with van der Waals surface area (Å²) in [7, 11) is 0. The quantitative estimate of drug-likeness (QED) is 0.655. The van der Waals surface area contributed by atoms with Gasteiger partial charge in [0.2, 0.25) is 0 Å². The maximum Gasteiger partial charge on any atom is 0.261 e. The Morgan fingerprint density at radius 2 is 1.63 bits per heavy atom. The second-order valence-corrected chi connectivity index (χ2v) is 7.13. The Balaban J connectivity index is 1.81. The average Bonchev–Trinajstić information content (AvgIpc) is 3.00. The number of para-hydroxylation sites is 1. The van der Waals surface area contributed by atoms with Gasteiger partial charge in [-0.15, -0.1) is 0 Å². The highest BCUT2D eigenvalue weighted by Gasteiger charge is 2.35. The molecule has 0 unspecified atom stereocenters. The Morgan fingerprint density at radius 1 is 0.900 bits per heavy atom. The van der Waals surface area contributed by atoms with Crippen molar-refractivity contribution in [2.75, 3.05) is 18.4 Å². The molecule has 2 aromatic rings. The zero-order valence-electron chi connectivity index (χ0n) is 17.2. The van der Waals surface area contributed by atoms with Crippen LogP contribution in [-0.2, 0) is 0 Å². The van der Waals surface area contributed by atoms with Crippen LogP contribution >= 0.6 is 0 Å². The first-order valence-electron chi connectivity index (χ1n) is 10.2. The summed E-state index contributed by atoms with van der Waals surface area (Å²) in [6.07, 6.45) is 2.40. The van der Waals surface area contributed by atoms with E-state index in [2.05, 4.69) is 10.6 Å². The fraction of sp³-hybridized carbons (Fsp3) is 0.304. The van der Waals surface area contributed by atoms with Crippen molar-refractivity contribution in [2.24, 2.45) is 0 Å². The van der Waals surface area contributed by atoms with Crippen molar-refractivity contribution < 1.29 is 19.2 Å². The molecule has 0 bridgehead atoms. The van der Waals surface area contributed by atoms with E-state index in [-0.39, 0.29) is 28.8 Å². The molecule has 0 aliphatic carbocycles. The van der Waals surface area contributed by atoms with Gasteiger partial charge in [-0.05, 0) is 43.2 Å². The molecule has 2 aromatic carbocycles. The predicted octanol–water partition coefficient (Wildman–Crippen LogP) is 3.47. The fourth-order valence-corrected chi connectivity index (χ4v) is 3.27. The fourth-order valence-electron chi connectivity index (χ4n) is 3.27. The normalized spacial score (nSPS) is 12.7. The standard InChI is InChI=1S/C23H25N3O4/c1-3-5-13-26-22(29)16-11-10-15(14-18(16)23(26)30)20(27)25-19-9-7-6-8-17(19)21(28)24-12-4-2/h6-11,14H,3-5,12-13H2,1-2H3,(H,24,28)(H,25,27). The third-order valence-electron chi connectivity index (χ3n) is 4.92. The highest BCUT2D eigenvalue weighted by molar-refractivity contribution is 6.22. The summed E-state index contributed by atoms with van der Waals surface area (Å²) in [5.74, 6) is -1.43. The Hall–Kier alpha value is -3.48. The lowest BCUT2D eigenvalue weighted by Crippen LogP contribution is -2.30. The van der Waals surface area contributed by atoms with E-state index in [1.807, 2.05) is 13.8 Å². The number of benzene rings is 2. The Labute approximate surface area is 175 Å². The first-order valence-corrected chi connectivity index (χ1v) is 10.2. The van der Waals surface area contributed by atoms with Crippen LogP contribution in [0, 0.1) is 0 Å². The number of fused-ring (bicyclic) bond motifs is 1. The third-order valence-corrected chi connectivity index (χ3v) is 4.92. The molecule has 3 rings (SSSR count). The second-order valence-electron chi connectivity index (χ2n) is 7.13. The molecule has 30 heavy (non-hydrogen) atoms. The van der Waals surface area contributed by atoms with Gasteiger partial charge < -0.3 is 10.6 Å². The number of amides is 4. The van der Waals surface area contributed by atoms with E-state index in [0.29, 0.717) is 29.9 Å². The first kappa shape index (κ1) is 21.2. The van der Waals surface area contributed by atoms with Crippen molar-refractivity contribution in [3.63, 3.8) is 0 Å². The van der Waals surface area contributed by atoms with Crippen molar-refractivity contribution in [3.8, 4) is 0 Å². The molecule has 1 aliphatic rings. The molecule has 1 aliphatic heterocycles. The second kappa shape index (κ2) is 9.35. The topological polar surface area (TPSA) is 95.6 Å². The third kappa shape index (κ3) is 4.25. The van der Waals surface area contributed by atoms with E-state index in [0.717, 1.165) is 19.3 Å². The molecule has 0 radical (unpaired) electrons. The number of unbranched alkanes of at least 4 members (excludes halogenated alkanes) is 1. The molecule has 0 saturated heterocycles. The van der Waals surface area contributed by atoms with Gasteiger partial charge in [-0.1, -0.05) is 32.4 Å². The maximum absolute atomic E-state index is 12.8. The number of hydrogen-bond donors (Lipinski definition) is 2. The Morgan fingerprint density at radius 3 is 2.37 bits per heavy atom. The van der Waals surface area contributed by atoms with E-state index in [4.69, 9.17) is 0 Å². The number of nitrogens with one attached hydrogen (secondary N) is 2. The van der Waals surface area contributed by atoms with Crippen molar-refractivity contribution in [1.29, 1.82) is 0 Å². The lowest BCUT2D eigenvalue weighted by molar-refractivity contribution is 0.0651. The summed E-state index contributed by atoms with van der Waals surface area (Å²) in [5, 5.41) is 5.53. The highest BCUT2D eigenvalue weighted by atomic mass is 16.2. The van der Waals surface area contributed by atoms with Crippen LogP contribution in [-0.4, -0.2) is 41.6 Å². The number of imide groups is 1. The van der Waals surface area contributed by atoms with E-state index in [1.165, 1.54) is 23.1 Å². The molecule has 7 nitrogen and oxygen atoms in total. The number of nitrogens with zero attached hydrogens (tertiary/aromatic N) is 1. The molecule has 0 saturated carbocycles. The number of rotatable bonds is 8. The molecular weight excluding hydrogens is 382 g/mol. The van der Waals surface area contributed by atoms with E-state index in [1.54, 1.807) is 24.3 Å². The largest absolute Gasteiger partial charge is 0.352 e. The van der Waals surface area contributed by atoms with Crippen LogP contribution in [0.1, 0.15) is 74.5 Å². The molecule has 0 spiro atoms. The van der Waals surface area contributed by atoms with Gasteiger partial charge in [-0.25, -0.2) is 0 Å². The van der Waals surface area contributed by atoms with Gasteiger partial charge >= 0.3 is 0 Å². The summed E-state index contributed by atoms with van der Waals surface area (Å²) >= 11 is 0. The molecule has 156 valence electrons. The van der Waals surface area contributed by atoms with Gasteiger partial charge in [0.15, 0.2) is 0 Å². The Bertz CT molecular complexity index is 1000. The minimum atomic E-state index is -0.458. The minimum absolute atomic E-state index is 0.234. The van der Waals surface area contributed by atoms with Crippen LogP contribution in [0.4, 0.5) is 5.69 Å². The number of anilines is 1. The highest BCUT2D eigenvalue weighted by Crippen LogP contribution is 2.25. The summed E-state index contributed by atoms with van der Waals surface area (Å²) in [5.41, 5.74) is 1.53. The molecule has 0 fully saturated rings. The smallest absolute Gasteiger partial charge is 0.261 e. The summed E-state index contributed by atoms with van der Waals surface area (Å²) in [4.78, 5) is 51.4. The number of carbonyl (C=O) groups excluding carboxylic acids is 4. The summed E-state index contributed by atoms with van der Waals surface area (Å²) in [6, 6.07) is 11.2. The SMILES string of the molecule is CCCCN1C(=O)c2ccc(C(=O)Nc3ccccc3C(=O)NCCC)cc2C1=O. The average molecular weight is 407 g/mol. The number of hydrogen-bond acceptors (Lipinski definition) is 4. The summed E-state index contributed by atoms with van der Waals surface area (Å²) < 4.78 is 0. The molecule has 7 heteroatoms. The van der Waals surface area contributed by atoms with Crippen LogP contribution in [0.5, 0.6) is 0 Å². The van der Waals surface area contributed by atoms with Crippen LogP contribution in [0.15, 0.2) is 42.5 Å². The van der Waals surface area contributed by atoms with Gasteiger partial charge in [0.25, 0.3) is 23.6 Å². The number of carbonyl (C=O) groups is 4. The maximum atomic E-state index is 12.8. The zero-order valence-corrected chi connectivity index (χ0v) is 17.2. The molecule has 0 aromatic heterocycles. The molecule has 4 amide bonds. The molecule has 1 heterocycles. The van der Waals surface area contributed by atoms with Crippen molar-refractivity contribution in [2.45, 2.75) is 33.1 Å². The van der Waals surface area contributed by atoms with Gasteiger partial charge in [0.1, 0.15) is 0 Å². The van der Waals surface area contributed by atoms with E-state index < -0.39 is 5.91 Å². The van der Waals surface area contributed by atoms with Crippen LogP contribution < -0.4 is 10.6 Å². The minimum Gasteiger partial charge on any atom is -0.352 e. The van der Waals surface area contributed by atoms with Crippen molar-refractivity contribution in [3.05, 3.63) is 64.7 Å². The van der Waals surface area contributed by atoms with Crippen molar-refractivity contribution >= 4 is 29.3 Å². The van der Waals surface area contributed by atoms with Gasteiger partial charge in [0, 0.05) is 18.7 Å². The zero-order chi connectivity index (χ0) is 21.7. The lowest BCUT2D eigenvalue weighted by atomic mass is 10.0. The van der Waals surface area contributed by atoms with Crippen LogP contribution in [0.2, 0.25) is 0 Å². The van der Waals surface area contributed by atoms with Gasteiger partial charge in [-0.2, -0.15) is 0 Å². The molecule has 2 N–H and O–H groups in total. The first-order chi connectivity index (χ1) is 14.5. The molecule has 0 atom stereocenters. The van der Waals surface area contributed by atoms with Crippen molar-refractivity contribution in [1.82, 2.24) is 10.2 Å². The molecular formula is C23H25N3O4.